The van der Waals surface area contributed by atoms with E-state index in [2.05, 4.69) is 5.32 Å². The summed E-state index contributed by atoms with van der Waals surface area (Å²) in [5.41, 5.74) is 2.62. The SMILES string of the molecule is COc1cccc(OC)c1C(Cc1ccc2ccccc2n1)NC(C)=O. The van der Waals surface area contributed by atoms with Gasteiger partial charge in [0.25, 0.3) is 0 Å². The van der Waals surface area contributed by atoms with Crippen LogP contribution in [0.15, 0.2) is 54.6 Å². The van der Waals surface area contributed by atoms with Gasteiger partial charge in [-0.15, -0.1) is 0 Å². The molecule has 0 aliphatic rings. The van der Waals surface area contributed by atoms with Gasteiger partial charge >= 0.3 is 0 Å². The molecule has 1 atom stereocenters. The van der Waals surface area contributed by atoms with E-state index >= 15 is 0 Å². The molecule has 0 fully saturated rings. The fraction of sp³-hybridized carbons (Fsp3) is 0.238. The van der Waals surface area contributed by atoms with Gasteiger partial charge < -0.3 is 14.8 Å². The summed E-state index contributed by atoms with van der Waals surface area (Å²) in [5, 5.41) is 4.09. The number of ether oxygens (including phenoxy) is 2. The van der Waals surface area contributed by atoms with E-state index in [4.69, 9.17) is 14.5 Å². The summed E-state index contributed by atoms with van der Waals surface area (Å²) in [4.78, 5) is 16.5. The Kier molecular flexibility index (Phi) is 5.37. The molecule has 0 saturated heterocycles. The number of carbonyl (C=O) groups is 1. The molecule has 0 spiro atoms. The van der Waals surface area contributed by atoms with Crippen LogP contribution in [-0.2, 0) is 11.2 Å². The summed E-state index contributed by atoms with van der Waals surface area (Å²) in [5.74, 6) is 1.22. The Morgan fingerprint density at radius 1 is 1.00 bits per heavy atom. The number of hydrogen-bond donors (Lipinski definition) is 1. The summed E-state index contributed by atoms with van der Waals surface area (Å²) in [7, 11) is 3.22. The number of rotatable bonds is 6. The first-order valence-corrected chi connectivity index (χ1v) is 8.45. The van der Waals surface area contributed by atoms with Crippen molar-refractivity contribution < 1.29 is 14.3 Å². The van der Waals surface area contributed by atoms with Gasteiger partial charge in [0.15, 0.2) is 0 Å². The lowest BCUT2D eigenvalue weighted by Crippen LogP contribution is -2.28. The zero-order valence-corrected chi connectivity index (χ0v) is 15.2. The van der Waals surface area contributed by atoms with Crippen molar-refractivity contribution in [3.8, 4) is 11.5 Å². The summed E-state index contributed by atoms with van der Waals surface area (Å²) in [6.45, 7) is 1.50. The molecule has 0 bridgehead atoms. The molecule has 0 saturated carbocycles. The fourth-order valence-corrected chi connectivity index (χ4v) is 3.13. The maximum Gasteiger partial charge on any atom is 0.217 e. The van der Waals surface area contributed by atoms with Crippen molar-refractivity contribution in [1.82, 2.24) is 10.3 Å². The molecule has 1 aromatic heterocycles. The highest BCUT2D eigenvalue weighted by atomic mass is 16.5. The zero-order valence-electron chi connectivity index (χ0n) is 15.2. The average molecular weight is 350 g/mol. The minimum absolute atomic E-state index is 0.122. The molecule has 3 rings (SSSR count). The molecule has 1 N–H and O–H groups in total. The summed E-state index contributed by atoms with van der Waals surface area (Å²) in [6.07, 6.45) is 0.529. The summed E-state index contributed by atoms with van der Waals surface area (Å²) in [6, 6.07) is 17.3. The van der Waals surface area contributed by atoms with E-state index in [-0.39, 0.29) is 11.9 Å². The van der Waals surface area contributed by atoms with Gasteiger partial charge in [0.05, 0.1) is 31.3 Å². The third kappa shape index (κ3) is 3.77. The number of nitrogens with one attached hydrogen (secondary N) is 1. The third-order valence-corrected chi connectivity index (χ3v) is 4.26. The number of aromatic nitrogens is 1. The van der Waals surface area contributed by atoms with Crippen molar-refractivity contribution in [3.63, 3.8) is 0 Å². The molecule has 0 aliphatic carbocycles. The first-order chi connectivity index (χ1) is 12.6. The van der Waals surface area contributed by atoms with Crippen LogP contribution in [0.25, 0.3) is 10.9 Å². The lowest BCUT2D eigenvalue weighted by Gasteiger charge is -2.23. The van der Waals surface area contributed by atoms with Gasteiger partial charge in [-0.3, -0.25) is 9.78 Å². The van der Waals surface area contributed by atoms with Gasteiger partial charge in [-0.1, -0.05) is 30.3 Å². The monoisotopic (exact) mass is 350 g/mol. The van der Waals surface area contributed by atoms with Crippen LogP contribution in [-0.4, -0.2) is 25.1 Å². The molecule has 3 aromatic rings. The highest BCUT2D eigenvalue weighted by Gasteiger charge is 2.23. The number of amides is 1. The molecular weight excluding hydrogens is 328 g/mol. The maximum absolute atomic E-state index is 11.8. The highest BCUT2D eigenvalue weighted by Crippen LogP contribution is 2.35. The minimum Gasteiger partial charge on any atom is -0.496 e. The van der Waals surface area contributed by atoms with Gasteiger partial charge in [-0.05, 0) is 24.3 Å². The Labute approximate surface area is 153 Å². The quantitative estimate of drug-likeness (QED) is 0.737. The van der Waals surface area contributed by atoms with E-state index < -0.39 is 0 Å². The van der Waals surface area contributed by atoms with E-state index in [0.717, 1.165) is 22.2 Å². The van der Waals surface area contributed by atoms with Crippen molar-refractivity contribution in [3.05, 3.63) is 65.9 Å². The first-order valence-electron chi connectivity index (χ1n) is 8.45. The van der Waals surface area contributed by atoms with Crippen LogP contribution in [0.1, 0.15) is 24.2 Å². The van der Waals surface area contributed by atoms with Crippen molar-refractivity contribution >= 4 is 16.8 Å². The number of benzene rings is 2. The van der Waals surface area contributed by atoms with Crippen LogP contribution in [0.5, 0.6) is 11.5 Å². The van der Waals surface area contributed by atoms with Crippen molar-refractivity contribution in [2.75, 3.05) is 14.2 Å². The van der Waals surface area contributed by atoms with Crippen LogP contribution >= 0.6 is 0 Å². The van der Waals surface area contributed by atoms with Crippen LogP contribution in [0, 0.1) is 0 Å². The second-order valence-corrected chi connectivity index (χ2v) is 6.03. The Morgan fingerprint density at radius 2 is 1.69 bits per heavy atom. The first kappa shape index (κ1) is 17.7. The largest absolute Gasteiger partial charge is 0.496 e. The van der Waals surface area contributed by atoms with Crippen LogP contribution in [0.2, 0.25) is 0 Å². The molecular formula is C21H22N2O3. The smallest absolute Gasteiger partial charge is 0.217 e. The minimum atomic E-state index is -0.313. The van der Waals surface area contributed by atoms with Crippen molar-refractivity contribution in [1.29, 1.82) is 0 Å². The van der Waals surface area contributed by atoms with Gasteiger partial charge in [0.1, 0.15) is 11.5 Å². The molecule has 0 radical (unpaired) electrons. The third-order valence-electron chi connectivity index (χ3n) is 4.26. The molecule has 134 valence electrons. The molecule has 26 heavy (non-hydrogen) atoms. The maximum atomic E-state index is 11.8. The Bertz CT molecular complexity index is 902. The second-order valence-electron chi connectivity index (χ2n) is 6.03. The van der Waals surface area contributed by atoms with Crippen molar-refractivity contribution in [2.45, 2.75) is 19.4 Å². The molecule has 0 aliphatic heterocycles. The van der Waals surface area contributed by atoms with Gasteiger partial charge in [0, 0.05) is 24.4 Å². The standard InChI is InChI=1S/C21H22N2O3/c1-14(24)22-18(21-19(25-2)9-6-10-20(21)26-3)13-16-12-11-15-7-4-5-8-17(15)23-16/h4-12,18H,13H2,1-3H3,(H,22,24). The predicted octanol–water partition coefficient (Wildman–Crippen LogP) is 3.67. The summed E-state index contributed by atoms with van der Waals surface area (Å²) < 4.78 is 11.0. The van der Waals surface area contributed by atoms with Crippen molar-refractivity contribution in [2.24, 2.45) is 0 Å². The Morgan fingerprint density at radius 3 is 2.35 bits per heavy atom. The molecule has 1 amide bonds. The van der Waals surface area contributed by atoms with E-state index in [0.29, 0.717) is 17.9 Å². The number of methoxy groups -OCH3 is 2. The number of pyridine rings is 1. The lowest BCUT2D eigenvalue weighted by molar-refractivity contribution is -0.119. The average Bonchev–Trinajstić information content (AvgIpc) is 2.66. The molecule has 5 heteroatoms. The van der Waals surface area contributed by atoms with E-state index in [1.165, 1.54) is 6.92 Å². The van der Waals surface area contributed by atoms with E-state index in [9.17, 15) is 4.79 Å². The fourth-order valence-electron chi connectivity index (χ4n) is 3.13. The number of fused-ring (bicyclic) bond motifs is 1. The Hall–Kier alpha value is -3.08. The predicted molar refractivity (Wildman–Crippen MR) is 102 cm³/mol. The van der Waals surface area contributed by atoms with Gasteiger partial charge in [0.2, 0.25) is 5.91 Å². The molecule has 1 unspecified atom stereocenters. The number of carbonyl (C=O) groups excluding carboxylic acids is 1. The topological polar surface area (TPSA) is 60.5 Å². The van der Waals surface area contributed by atoms with Crippen LogP contribution < -0.4 is 14.8 Å². The highest BCUT2D eigenvalue weighted by molar-refractivity contribution is 5.78. The van der Waals surface area contributed by atoms with E-state index in [1.54, 1.807) is 14.2 Å². The number of para-hydroxylation sites is 1. The van der Waals surface area contributed by atoms with Crippen LogP contribution in [0.3, 0.4) is 0 Å². The number of hydrogen-bond acceptors (Lipinski definition) is 4. The van der Waals surface area contributed by atoms with Gasteiger partial charge in [-0.25, -0.2) is 0 Å². The molecule has 1 heterocycles. The molecule has 2 aromatic carbocycles. The lowest BCUT2D eigenvalue weighted by atomic mass is 9.98. The normalized spacial score (nSPS) is 11.8. The summed E-state index contributed by atoms with van der Waals surface area (Å²) >= 11 is 0. The number of nitrogens with zero attached hydrogens (tertiary/aromatic N) is 1. The second kappa shape index (κ2) is 7.87. The Balaban J connectivity index is 2.02. The van der Waals surface area contributed by atoms with Crippen LogP contribution in [0.4, 0.5) is 0 Å². The van der Waals surface area contributed by atoms with Gasteiger partial charge in [-0.2, -0.15) is 0 Å². The zero-order chi connectivity index (χ0) is 18.5. The molecule has 5 nitrogen and oxygen atoms in total. The van der Waals surface area contributed by atoms with E-state index in [1.807, 2.05) is 54.6 Å².